The van der Waals surface area contributed by atoms with Crippen LogP contribution >= 0.6 is 11.3 Å². The fourth-order valence-electron chi connectivity index (χ4n) is 3.43. The second kappa shape index (κ2) is 7.13. The van der Waals surface area contributed by atoms with Gasteiger partial charge in [-0.3, -0.25) is 9.36 Å². The third-order valence-corrected chi connectivity index (χ3v) is 5.97. The Kier molecular flexibility index (Phi) is 4.86. The molecule has 4 rings (SSSR count). The molecule has 1 aliphatic heterocycles. The number of carbonyl (C=O) groups is 1. The van der Waals surface area contributed by atoms with Gasteiger partial charge in [-0.15, -0.1) is 11.3 Å². The minimum Gasteiger partial charge on any atom is -0.477 e. The van der Waals surface area contributed by atoms with Crippen LogP contribution in [0.5, 0.6) is 0 Å². The van der Waals surface area contributed by atoms with Crippen LogP contribution in [0.2, 0.25) is 0 Å². The summed E-state index contributed by atoms with van der Waals surface area (Å²) in [5.41, 5.74) is 5.47. The number of aromatic nitrogens is 3. The van der Waals surface area contributed by atoms with E-state index in [-0.39, 0.29) is 28.3 Å². The first-order valence-corrected chi connectivity index (χ1v) is 10.4. The maximum absolute atomic E-state index is 14.9. The minimum absolute atomic E-state index is 0.0771. The molecule has 3 aromatic rings. The highest BCUT2D eigenvalue weighted by Crippen LogP contribution is 2.29. The zero-order valence-corrected chi connectivity index (χ0v) is 17.7. The molecule has 158 valence electrons. The number of hydrogen-bond donors (Lipinski definition) is 2. The summed E-state index contributed by atoms with van der Waals surface area (Å²) in [6, 6.07) is 0.984. The summed E-state index contributed by atoms with van der Waals surface area (Å²) in [5.74, 6) is -1.98. The summed E-state index contributed by atoms with van der Waals surface area (Å²) in [5, 5.41) is 11.7. The number of nitrogens with zero attached hydrogens (tertiary/aromatic N) is 4. The monoisotopic (exact) mass is 431 g/mol. The molecular formula is C20H22FN5O3S. The van der Waals surface area contributed by atoms with Gasteiger partial charge in [0.2, 0.25) is 5.43 Å². The first kappa shape index (κ1) is 20.4. The minimum atomic E-state index is -1.39. The van der Waals surface area contributed by atoms with Gasteiger partial charge in [-0.2, -0.15) is 0 Å². The quantitative estimate of drug-likeness (QED) is 0.655. The summed E-state index contributed by atoms with van der Waals surface area (Å²) in [6.07, 6.45) is 1.92. The Balaban J connectivity index is 1.99. The molecule has 1 saturated heterocycles. The topological polar surface area (TPSA) is 114 Å². The lowest BCUT2D eigenvalue weighted by Gasteiger charge is -2.19. The molecule has 0 saturated carbocycles. The van der Waals surface area contributed by atoms with Gasteiger partial charge >= 0.3 is 5.97 Å². The summed E-state index contributed by atoms with van der Waals surface area (Å²) in [6.45, 7) is 7.05. The molecule has 1 fully saturated rings. The molecule has 0 amide bonds. The van der Waals surface area contributed by atoms with Crippen molar-refractivity contribution in [3.05, 3.63) is 44.9 Å². The zero-order chi connectivity index (χ0) is 21.8. The van der Waals surface area contributed by atoms with E-state index in [0.717, 1.165) is 11.8 Å². The normalized spacial score (nSPS) is 17.1. The van der Waals surface area contributed by atoms with Gasteiger partial charge < -0.3 is 15.7 Å². The third kappa shape index (κ3) is 3.46. The number of carboxylic acids is 1. The molecule has 0 radical (unpaired) electrons. The van der Waals surface area contributed by atoms with Gasteiger partial charge in [-0.05, 0) is 12.5 Å². The number of pyridine rings is 2. The van der Waals surface area contributed by atoms with Crippen LogP contribution in [-0.2, 0) is 5.41 Å². The van der Waals surface area contributed by atoms with Crippen molar-refractivity contribution in [3.8, 4) is 5.13 Å². The highest BCUT2D eigenvalue weighted by Gasteiger charge is 2.26. The maximum Gasteiger partial charge on any atom is 0.341 e. The molecule has 8 nitrogen and oxygen atoms in total. The van der Waals surface area contributed by atoms with Crippen molar-refractivity contribution in [2.75, 3.05) is 18.0 Å². The van der Waals surface area contributed by atoms with E-state index in [0.29, 0.717) is 24.6 Å². The van der Waals surface area contributed by atoms with Gasteiger partial charge in [0, 0.05) is 36.1 Å². The molecule has 0 aliphatic carbocycles. The lowest BCUT2D eigenvalue weighted by atomic mass is 9.93. The molecule has 1 atom stereocenters. The van der Waals surface area contributed by atoms with E-state index in [1.54, 1.807) is 4.90 Å². The van der Waals surface area contributed by atoms with Crippen LogP contribution in [-0.4, -0.2) is 44.7 Å². The van der Waals surface area contributed by atoms with E-state index < -0.39 is 22.8 Å². The molecule has 3 aromatic heterocycles. The van der Waals surface area contributed by atoms with Gasteiger partial charge in [-0.1, -0.05) is 20.8 Å². The molecule has 0 spiro atoms. The van der Waals surface area contributed by atoms with Crippen molar-refractivity contribution < 1.29 is 14.3 Å². The second-order valence-corrected chi connectivity index (χ2v) is 9.31. The fourth-order valence-corrected chi connectivity index (χ4v) is 4.46. The van der Waals surface area contributed by atoms with Crippen molar-refractivity contribution in [2.45, 2.75) is 38.6 Å². The van der Waals surface area contributed by atoms with Crippen LogP contribution in [0.1, 0.15) is 43.2 Å². The molecule has 10 heteroatoms. The van der Waals surface area contributed by atoms with Gasteiger partial charge in [0.25, 0.3) is 0 Å². The smallest absolute Gasteiger partial charge is 0.341 e. The van der Waals surface area contributed by atoms with Crippen LogP contribution in [0.25, 0.3) is 16.2 Å². The Morgan fingerprint density at radius 3 is 2.67 bits per heavy atom. The van der Waals surface area contributed by atoms with E-state index in [1.807, 2.05) is 26.2 Å². The van der Waals surface area contributed by atoms with Gasteiger partial charge in [0.1, 0.15) is 5.56 Å². The van der Waals surface area contributed by atoms with E-state index in [2.05, 4.69) is 9.97 Å². The highest BCUT2D eigenvalue weighted by atomic mass is 32.1. The van der Waals surface area contributed by atoms with Crippen LogP contribution in [0.15, 0.2) is 22.4 Å². The SMILES string of the molecule is CC(C)(C)c1csc(-n2cc(C(=O)O)c(=O)c3cc(F)c(N4CCC(N)C4)nc32)n1. The van der Waals surface area contributed by atoms with Crippen LogP contribution in [0.4, 0.5) is 10.2 Å². The predicted molar refractivity (Wildman–Crippen MR) is 113 cm³/mol. The summed E-state index contributed by atoms with van der Waals surface area (Å²) < 4.78 is 16.3. The van der Waals surface area contributed by atoms with E-state index in [4.69, 9.17) is 5.73 Å². The molecule has 30 heavy (non-hydrogen) atoms. The molecule has 1 aliphatic rings. The van der Waals surface area contributed by atoms with E-state index in [9.17, 15) is 19.1 Å². The average molecular weight is 431 g/mol. The van der Waals surface area contributed by atoms with Gasteiger partial charge in [0.15, 0.2) is 22.4 Å². The Labute approximate surface area is 175 Å². The number of aromatic carboxylic acids is 1. The summed E-state index contributed by atoms with van der Waals surface area (Å²) >= 11 is 1.30. The molecule has 0 aromatic carbocycles. The van der Waals surface area contributed by atoms with Crippen molar-refractivity contribution in [1.29, 1.82) is 0 Å². The second-order valence-electron chi connectivity index (χ2n) is 8.47. The zero-order valence-electron chi connectivity index (χ0n) is 16.8. The number of hydrogen-bond acceptors (Lipinski definition) is 7. The van der Waals surface area contributed by atoms with Crippen LogP contribution in [0.3, 0.4) is 0 Å². The summed E-state index contributed by atoms with van der Waals surface area (Å²) in [7, 11) is 0. The first-order valence-electron chi connectivity index (χ1n) is 9.52. The largest absolute Gasteiger partial charge is 0.477 e. The van der Waals surface area contributed by atoms with Crippen LogP contribution in [0, 0.1) is 5.82 Å². The molecule has 1 unspecified atom stereocenters. The van der Waals surface area contributed by atoms with E-state index in [1.165, 1.54) is 22.1 Å². The Morgan fingerprint density at radius 1 is 1.37 bits per heavy atom. The molecule has 3 N–H and O–H groups in total. The molecule has 0 bridgehead atoms. The number of anilines is 1. The molecular weight excluding hydrogens is 409 g/mol. The van der Waals surface area contributed by atoms with Crippen molar-refractivity contribution in [2.24, 2.45) is 5.73 Å². The summed E-state index contributed by atoms with van der Waals surface area (Å²) in [4.78, 5) is 35.1. The van der Waals surface area contributed by atoms with Gasteiger partial charge in [-0.25, -0.2) is 19.2 Å². The predicted octanol–water partition coefficient (Wildman–Crippen LogP) is 2.51. The number of fused-ring (bicyclic) bond motifs is 1. The van der Waals surface area contributed by atoms with Crippen molar-refractivity contribution >= 4 is 34.2 Å². The number of thiazole rings is 1. The van der Waals surface area contributed by atoms with E-state index >= 15 is 0 Å². The number of carboxylic acid groups (broad SMARTS) is 1. The maximum atomic E-state index is 14.9. The van der Waals surface area contributed by atoms with Crippen molar-refractivity contribution in [3.63, 3.8) is 0 Å². The number of halogens is 1. The Hall–Kier alpha value is -2.85. The van der Waals surface area contributed by atoms with Gasteiger partial charge in [0.05, 0.1) is 11.1 Å². The number of rotatable bonds is 3. The third-order valence-electron chi connectivity index (χ3n) is 5.13. The van der Waals surface area contributed by atoms with Crippen LogP contribution < -0.4 is 16.1 Å². The average Bonchev–Trinajstić information content (AvgIpc) is 3.31. The number of nitrogens with two attached hydrogens (primary N) is 1. The standard InChI is InChI=1S/C20H22FN5O3S/c1-20(2,3)14-9-30-19(23-14)26-8-12(18(28)29)15(27)11-6-13(21)17(24-16(11)26)25-5-4-10(22)7-25/h6,8-10H,4-5,7,22H2,1-3H3,(H,28,29). The fraction of sp³-hybridized carbons (Fsp3) is 0.400. The van der Waals surface area contributed by atoms with Crippen molar-refractivity contribution in [1.82, 2.24) is 14.5 Å². The lowest BCUT2D eigenvalue weighted by molar-refractivity contribution is 0.0695. The lowest BCUT2D eigenvalue weighted by Crippen LogP contribution is -2.28. The Bertz CT molecular complexity index is 1210. The Morgan fingerprint density at radius 2 is 2.10 bits per heavy atom. The first-order chi connectivity index (χ1) is 14.1. The highest BCUT2D eigenvalue weighted by molar-refractivity contribution is 7.12. The molecule has 4 heterocycles.